The monoisotopic (exact) mass is 423 g/mol. The van der Waals surface area contributed by atoms with Crippen LogP contribution >= 0.6 is 0 Å². The number of piperazine rings is 1. The van der Waals surface area contributed by atoms with E-state index in [-0.39, 0.29) is 41.4 Å². The van der Waals surface area contributed by atoms with Crippen LogP contribution in [0.2, 0.25) is 0 Å². The molecule has 31 heavy (non-hydrogen) atoms. The molecule has 7 heteroatoms. The maximum atomic E-state index is 13.5. The lowest BCUT2D eigenvalue weighted by Gasteiger charge is -2.53. The lowest BCUT2D eigenvalue weighted by Crippen LogP contribution is -2.62. The largest absolute Gasteiger partial charge is 0.358 e. The molecule has 4 atom stereocenters. The highest BCUT2D eigenvalue weighted by atomic mass is 19.1. The van der Waals surface area contributed by atoms with Gasteiger partial charge < -0.3 is 15.5 Å². The highest BCUT2D eigenvalue weighted by molar-refractivity contribution is 5.87. The van der Waals surface area contributed by atoms with Gasteiger partial charge in [0, 0.05) is 31.4 Å². The van der Waals surface area contributed by atoms with Gasteiger partial charge in [0.25, 0.3) is 0 Å². The molecule has 1 aromatic rings. The van der Waals surface area contributed by atoms with Gasteiger partial charge in [-0.2, -0.15) is 5.26 Å². The second-order valence-electron chi connectivity index (χ2n) is 9.54. The van der Waals surface area contributed by atoms with E-state index in [4.69, 9.17) is 5.73 Å². The van der Waals surface area contributed by atoms with Crippen LogP contribution in [0.25, 0.3) is 0 Å². The lowest BCUT2D eigenvalue weighted by molar-refractivity contribution is -0.149. The molecule has 0 aromatic heterocycles. The number of halogens is 1. The molecule has 1 aromatic carbocycles. The zero-order valence-corrected chi connectivity index (χ0v) is 17.8. The molecule has 164 valence electrons. The lowest BCUT2D eigenvalue weighted by atomic mass is 9.70. The molecule has 1 amide bonds. The zero-order valence-electron chi connectivity index (χ0n) is 17.8. The molecule has 0 spiro atoms. The van der Waals surface area contributed by atoms with Gasteiger partial charge in [-0.25, -0.2) is 4.39 Å². The van der Waals surface area contributed by atoms with Gasteiger partial charge in [0.1, 0.15) is 11.9 Å². The number of nitrogens with two attached hydrogens (primary N) is 1. The summed E-state index contributed by atoms with van der Waals surface area (Å²) in [5, 5.41) is 9.36. The van der Waals surface area contributed by atoms with Gasteiger partial charge in [-0.3, -0.25) is 9.69 Å². The van der Waals surface area contributed by atoms with Crippen molar-refractivity contribution < 1.29 is 9.18 Å². The van der Waals surface area contributed by atoms with Gasteiger partial charge in [-0.05, 0) is 56.2 Å². The molecular weight excluding hydrogens is 393 g/mol. The fourth-order valence-electron chi connectivity index (χ4n) is 6.18. The summed E-state index contributed by atoms with van der Waals surface area (Å²) in [6, 6.07) is 8.62. The van der Waals surface area contributed by atoms with E-state index in [0.717, 1.165) is 62.9 Å². The van der Waals surface area contributed by atoms with Crippen molar-refractivity contribution in [3.8, 4) is 6.07 Å². The van der Waals surface area contributed by atoms with Gasteiger partial charge in [-0.1, -0.05) is 18.7 Å². The molecule has 1 saturated carbocycles. The van der Waals surface area contributed by atoms with Crippen LogP contribution in [0.4, 0.5) is 4.39 Å². The molecule has 6 nitrogen and oxygen atoms in total. The third-order valence-corrected chi connectivity index (χ3v) is 7.92. The van der Waals surface area contributed by atoms with Gasteiger partial charge in [0.2, 0.25) is 5.91 Å². The first kappa shape index (κ1) is 20.5. The van der Waals surface area contributed by atoms with Gasteiger partial charge in [-0.15, -0.1) is 0 Å². The van der Waals surface area contributed by atoms with Crippen molar-refractivity contribution in [2.45, 2.75) is 68.2 Å². The van der Waals surface area contributed by atoms with Gasteiger partial charge >= 0.3 is 0 Å². The number of carbonyl (C=O) groups is 1. The van der Waals surface area contributed by atoms with Crippen molar-refractivity contribution in [2.24, 2.45) is 5.73 Å². The first-order chi connectivity index (χ1) is 14.9. The van der Waals surface area contributed by atoms with Crippen LogP contribution in [-0.2, 0) is 10.3 Å². The third-order valence-electron chi connectivity index (χ3n) is 7.92. The number of fused-ring (bicyclic) bond motifs is 2. The molecule has 1 unspecified atom stereocenters. The molecule has 3 heterocycles. The summed E-state index contributed by atoms with van der Waals surface area (Å²) in [6.07, 6.45) is 5.63. The van der Waals surface area contributed by atoms with E-state index in [9.17, 15) is 14.4 Å². The first-order valence-electron chi connectivity index (χ1n) is 11.4. The Morgan fingerprint density at radius 1 is 1.32 bits per heavy atom. The maximum absolute atomic E-state index is 13.5. The highest BCUT2D eigenvalue weighted by Gasteiger charge is 2.58. The SMILES string of the molecule is C=C([C@@H](N)CN1C[C@@H]2C[C@H]1C(=O)N2C1(c2ccc(F)cc2)CCC1)N1CCCC1C#N. The standard InChI is InChI=1S/C24H30FN5O/c1-16(29-11-2-4-19(29)13-26)21(27)15-28-14-20-12-22(28)23(31)30(20)24(9-3-10-24)17-5-7-18(25)8-6-17/h5-8,19-22H,1-4,9-12,14-15,27H2/t19?,20-,21-,22-/m0/s1. The van der Waals surface area contributed by atoms with Crippen LogP contribution in [0.3, 0.4) is 0 Å². The fourth-order valence-corrected chi connectivity index (χ4v) is 6.18. The highest BCUT2D eigenvalue weighted by Crippen LogP contribution is 2.52. The Bertz CT molecular complexity index is 921. The third kappa shape index (κ3) is 3.16. The molecule has 2 N–H and O–H groups in total. The Morgan fingerprint density at radius 2 is 2.06 bits per heavy atom. The van der Waals surface area contributed by atoms with E-state index in [0.29, 0.717) is 6.54 Å². The van der Waals surface area contributed by atoms with E-state index in [1.54, 1.807) is 0 Å². The molecular formula is C24H30FN5O. The average molecular weight is 424 g/mol. The van der Waals surface area contributed by atoms with E-state index in [1.165, 1.54) is 12.1 Å². The molecule has 4 aliphatic rings. The number of carbonyl (C=O) groups excluding carboxylic acids is 1. The molecule has 1 aliphatic carbocycles. The second kappa shape index (κ2) is 7.61. The Hall–Kier alpha value is -2.43. The van der Waals surface area contributed by atoms with Crippen LogP contribution in [0.15, 0.2) is 36.5 Å². The smallest absolute Gasteiger partial charge is 0.241 e. The first-order valence-corrected chi connectivity index (χ1v) is 11.4. The number of likely N-dealkylation sites (tertiary alicyclic amines) is 3. The molecule has 3 saturated heterocycles. The number of benzene rings is 1. The predicted molar refractivity (Wildman–Crippen MR) is 115 cm³/mol. The summed E-state index contributed by atoms with van der Waals surface area (Å²) in [7, 11) is 0. The van der Waals surface area contributed by atoms with Crippen molar-refractivity contribution in [3.63, 3.8) is 0 Å². The van der Waals surface area contributed by atoms with Gasteiger partial charge in [0.15, 0.2) is 0 Å². The summed E-state index contributed by atoms with van der Waals surface area (Å²) in [4.78, 5) is 19.8. The summed E-state index contributed by atoms with van der Waals surface area (Å²) in [5.74, 6) is -0.0707. The Labute approximate surface area is 183 Å². The second-order valence-corrected chi connectivity index (χ2v) is 9.54. The Kier molecular flexibility index (Phi) is 5.03. The van der Waals surface area contributed by atoms with Crippen molar-refractivity contribution in [1.29, 1.82) is 5.26 Å². The summed E-state index contributed by atoms with van der Waals surface area (Å²) >= 11 is 0. The van der Waals surface area contributed by atoms with E-state index >= 15 is 0 Å². The number of hydrogen-bond donors (Lipinski definition) is 1. The van der Waals surface area contributed by atoms with Crippen LogP contribution in [-0.4, -0.2) is 64.4 Å². The number of hydrogen-bond acceptors (Lipinski definition) is 5. The minimum Gasteiger partial charge on any atom is -0.358 e. The fraction of sp³-hybridized carbons (Fsp3) is 0.583. The zero-order chi connectivity index (χ0) is 21.8. The number of rotatable bonds is 6. The predicted octanol–water partition coefficient (Wildman–Crippen LogP) is 2.32. The topological polar surface area (TPSA) is 76.6 Å². The minimum absolute atomic E-state index is 0.139. The van der Waals surface area contributed by atoms with Crippen LogP contribution in [0.5, 0.6) is 0 Å². The number of nitrogens with zero attached hydrogens (tertiary/aromatic N) is 4. The van der Waals surface area contributed by atoms with Crippen molar-refractivity contribution >= 4 is 5.91 Å². The summed E-state index contributed by atoms with van der Waals surface area (Å²) in [5.41, 5.74) is 8.05. The van der Waals surface area contributed by atoms with Crippen LogP contribution in [0.1, 0.15) is 44.1 Å². The normalized spacial score (nSPS) is 30.4. The summed E-state index contributed by atoms with van der Waals surface area (Å²) in [6.45, 7) is 6.39. The molecule has 4 fully saturated rings. The molecule has 3 aliphatic heterocycles. The number of nitriles is 1. The minimum atomic E-state index is -0.288. The van der Waals surface area contributed by atoms with Crippen molar-refractivity contribution in [2.75, 3.05) is 19.6 Å². The Balaban J connectivity index is 1.28. The van der Waals surface area contributed by atoms with Crippen molar-refractivity contribution in [1.82, 2.24) is 14.7 Å². The van der Waals surface area contributed by atoms with Crippen LogP contribution < -0.4 is 5.73 Å². The average Bonchev–Trinajstić information content (AvgIpc) is 3.43. The van der Waals surface area contributed by atoms with E-state index in [2.05, 4.69) is 22.4 Å². The number of amides is 1. The van der Waals surface area contributed by atoms with E-state index < -0.39 is 0 Å². The van der Waals surface area contributed by atoms with Crippen molar-refractivity contribution in [3.05, 3.63) is 47.9 Å². The molecule has 5 rings (SSSR count). The molecule has 0 radical (unpaired) electrons. The van der Waals surface area contributed by atoms with Crippen LogP contribution in [0, 0.1) is 17.1 Å². The molecule has 2 bridgehead atoms. The van der Waals surface area contributed by atoms with Gasteiger partial charge in [0.05, 0.1) is 23.7 Å². The Morgan fingerprint density at radius 3 is 2.68 bits per heavy atom. The van der Waals surface area contributed by atoms with E-state index in [1.807, 2.05) is 17.0 Å². The summed E-state index contributed by atoms with van der Waals surface area (Å²) < 4.78 is 13.5. The maximum Gasteiger partial charge on any atom is 0.241 e. The quantitative estimate of drug-likeness (QED) is 0.760.